The van der Waals surface area contributed by atoms with E-state index in [1.54, 1.807) is 0 Å². The maximum Gasteiger partial charge on any atom is 0.0568 e. The summed E-state index contributed by atoms with van der Waals surface area (Å²) in [6.07, 6.45) is 1.86. The summed E-state index contributed by atoms with van der Waals surface area (Å²) >= 11 is 2.31. The van der Waals surface area contributed by atoms with Gasteiger partial charge in [0, 0.05) is 14.8 Å². The Labute approximate surface area is 90.5 Å². The first kappa shape index (κ1) is 8.74. The molecule has 2 aromatic rings. The van der Waals surface area contributed by atoms with Crippen LogP contribution in [0.5, 0.6) is 0 Å². The Hall–Kier alpha value is -0.840. The van der Waals surface area contributed by atoms with Crippen LogP contribution in [0.4, 0.5) is 0 Å². The van der Waals surface area contributed by atoms with Crippen molar-refractivity contribution in [2.75, 3.05) is 0 Å². The van der Waals surface area contributed by atoms with Gasteiger partial charge in [-0.15, -0.1) is 0 Å². The van der Waals surface area contributed by atoms with Crippen molar-refractivity contribution >= 4 is 22.6 Å². The van der Waals surface area contributed by atoms with Gasteiger partial charge >= 0.3 is 0 Å². The number of halogens is 1. The number of hydrogen-bond acceptors (Lipinski definition) is 1. The fraction of sp³-hybridized carbons (Fsp3) is 0.100. The van der Waals surface area contributed by atoms with E-state index in [0.717, 1.165) is 5.69 Å². The summed E-state index contributed by atoms with van der Waals surface area (Å²) in [5.74, 6) is 0. The zero-order chi connectivity index (χ0) is 9.26. The van der Waals surface area contributed by atoms with E-state index in [4.69, 9.17) is 0 Å². The lowest BCUT2D eigenvalue weighted by Gasteiger charge is -1.99. The first-order valence-electron chi connectivity index (χ1n) is 4.03. The molecule has 1 N–H and O–H groups in total. The highest BCUT2D eigenvalue weighted by Gasteiger charge is 2.02. The molecule has 0 spiro atoms. The van der Waals surface area contributed by atoms with E-state index in [1.807, 2.05) is 13.1 Å². The number of aryl methyl sites for hydroxylation is 1. The van der Waals surface area contributed by atoms with E-state index in [-0.39, 0.29) is 0 Å². The standard InChI is InChI=1S/C10H9IN2/c1-7-10(6-12-13-7)8-3-2-4-9(11)5-8/h2-6H,1H3,(H,12,13). The van der Waals surface area contributed by atoms with E-state index in [9.17, 15) is 0 Å². The van der Waals surface area contributed by atoms with Gasteiger partial charge < -0.3 is 0 Å². The number of aromatic nitrogens is 2. The Bertz CT molecular complexity index is 420. The molecule has 66 valence electrons. The van der Waals surface area contributed by atoms with Crippen molar-refractivity contribution in [3.05, 3.63) is 39.7 Å². The summed E-state index contributed by atoms with van der Waals surface area (Å²) in [4.78, 5) is 0. The molecule has 0 aliphatic heterocycles. The van der Waals surface area contributed by atoms with Crippen LogP contribution in [-0.2, 0) is 0 Å². The molecule has 1 aromatic heterocycles. The minimum absolute atomic E-state index is 1.11. The molecule has 0 unspecified atom stereocenters. The Morgan fingerprint density at radius 1 is 1.38 bits per heavy atom. The third-order valence-corrected chi connectivity index (χ3v) is 2.64. The van der Waals surface area contributed by atoms with Crippen LogP contribution in [0.2, 0.25) is 0 Å². The number of H-pyrrole nitrogens is 1. The quantitative estimate of drug-likeness (QED) is 0.801. The summed E-state index contributed by atoms with van der Waals surface area (Å²) in [6.45, 7) is 2.03. The molecule has 0 saturated carbocycles. The largest absolute Gasteiger partial charge is 0.282 e. The van der Waals surface area contributed by atoms with Gasteiger partial charge in [-0.2, -0.15) is 5.10 Å². The summed E-state index contributed by atoms with van der Waals surface area (Å²) in [6, 6.07) is 8.39. The highest BCUT2D eigenvalue weighted by molar-refractivity contribution is 14.1. The molecule has 0 bridgehead atoms. The predicted octanol–water partition coefficient (Wildman–Crippen LogP) is 2.99. The minimum atomic E-state index is 1.11. The summed E-state index contributed by atoms with van der Waals surface area (Å²) in [5, 5.41) is 6.93. The molecule has 1 aromatic carbocycles. The maximum atomic E-state index is 4.00. The van der Waals surface area contributed by atoms with Gasteiger partial charge in [-0.25, -0.2) is 0 Å². The number of hydrogen-bond donors (Lipinski definition) is 1. The number of benzene rings is 1. The first-order chi connectivity index (χ1) is 6.27. The molecular formula is C10H9IN2. The van der Waals surface area contributed by atoms with Crippen LogP contribution in [0.1, 0.15) is 5.69 Å². The minimum Gasteiger partial charge on any atom is -0.282 e. The molecule has 0 amide bonds. The molecule has 2 rings (SSSR count). The van der Waals surface area contributed by atoms with Crippen molar-refractivity contribution in [2.24, 2.45) is 0 Å². The lowest BCUT2D eigenvalue weighted by atomic mass is 10.1. The highest BCUT2D eigenvalue weighted by Crippen LogP contribution is 2.22. The summed E-state index contributed by atoms with van der Waals surface area (Å²) in [7, 11) is 0. The van der Waals surface area contributed by atoms with Gasteiger partial charge in [0.05, 0.1) is 6.20 Å². The first-order valence-corrected chi connectivity index (χ1v) is 5.11. The fourth-order valence-corrected chi connectivity index (χ4v) is 1.84. The van der Waals surface area contributed by atoms with Gasteiger partial charge in [0.15, 0.2) is 0 Å². The molecule has 0 fully saturated rings. The van der Waals surface area contributed by atoms with Gasteiger partial charge in [0.1, 0.15) is 0 Å². The zero-order valence-electron chi connectivity index (χ0n) is 7.21. The maximum absolute atomic E-state index is 4.00. The average molecular weight is 284 g/mol. The van der Waals surface area contributed by atoms with Crippen molar-refractivity contribution in [1.82, 2.24) is 10.2 Å². The molecule has 0 saturated heterocycles. The molecular weight excluding hydrogens is 275 g/mol. The van der Waals surface area contributed by atoms with Crippen LogP contribution in [0.15, 0.2) is 30.5 Å². The molecule has 2 nitrogen and oxygen atoms in total. The van der Waals surface area contributed by atoms with Gasteiger partial charge in [-0.05, 0) is 47.2 Å². The Morgan fingerprint density at radius 2 is 2.23 bits per heavy atom. The fourth-order valence-electron chi connectivity index (χ4n) is 1.30. The second-order valence-electron chi connectivity index (χ2n) is 2.92. The average Bonchev–Trinajstić information content (AvgIpc) is 2.51. The van der Waals surface area contributed by atoms with Crippen molar-refractivity contribution in [2.45, 2.75) is 6.92 Å². The van der Waals surface area contributed by atoms with Crippen molar-refractivity contribution in [1.29, 1.82) is 0 Å². The smallest absolute Gasteiger partial charge is 0.0568 e. The van der Waals surface area contributed by atoms with E-state index >= 15 is 0 Å². The van der Waals surface area contributed by atoms with E-state index in [2.05, 4.69) is 57.1 Å². The molecule has 0 radical (unpaired) electrons. The lowest BCUT2D eigenvalue weighted by Crippen LogP contribution is -1.79. The number of nitrogens with one attached hydrogen (secondary N) is 1. The molecule has 0 aliphatic rings. The number of rotatable bonds is 1. The monoisotopic (exact) mass is 284 g/mol. The molecule has 3 heteroatoms. The van der Waals surface area contributed by atoms with Crippen LogP contribution in [0.25, 0.3) is 11.1 Å². The van der Waals surface area contributed by atoms with Crippen molar-refractivity contribution in [3.8, 4) is 11.1 Å². The van der Waals surface area contributed by atoms with Gasteiger partial charge in [-0.1, -0.05) is 12.1 Å². The van der Waals surface area contributed by atoms with Gasteiger partial charge in [0.2, 0.25) is 0 Å². The molecule has 0 aliphatic carbocycles. The number of nitrogens with zero attached hydrogens (tertiary/aromatic N) is 1. The van der Waals surface area contributed by atoms with Crippen LogP contribution in [0.3, 0.4) is 0 Å². The van der Waals surface area contributed by atoms with Gasteiger partial charge in [0.25, 0.3) is 0 Å². The third kappa shape index (κ3) is 1.75. The summed E-state index contributed by atoms with van der Waals surface area (Å²) < 4.78 is 1.25. The normalized spacial score (nSPS) is 10.3. The number of aromatic amines is 1. The van der Waals surface area contributed by atoms with Crippen molar-refractivity contribution in [3.63, 3.8) is 0 Å². The summed E-state index contributed by atoms with van der Waals surface area (Å²) in [5.41, 5.74) is 3.51. The van der Waals surface area contributed by atoms with Crippen LogP contribution in [-0.4, -0.2) is 10.2 Å². The molecule has 1 heterocycles. The van der Waals surface area contributed by atoms with Crippen LogP contribution < -0.4 is 0 Å². The molecule has 13 heavy (non-hydrogen) atoms. The molecule has 0 atom stereocenters. The third-order valence-electron chi connectivity index (χ3n) is 1.97. The van der Waals surface area contributed by atoms with E-state index < -0.39 is 0 Å². The van der Waals surface area contributed by atoms with Crippen LogP contribution in [0, 0.1) is 10.5 Å². The van der Waals surface area contributed by atoms with E-state index in [0.29, 0.717) is 0 Å². The lowest BCUT2D eigenvalue weighted by molar-refractivity contribution is 1.05. The SMILES string of the molecule is Cc1[nH]ncc1-c1cccc(I)c1. The Kier molecular flexibility index (Phi) is 2.35. The second kappa shape index (κ2) is 3.49. The Balaban J connectivity index is 2.53. The van der Waals surface area contributed by atoms with Gasteiger partial charge in [-0.3, -0.25) is 5.10 Å². The second-order valence-corrected chi connectivity index (χ2v) is 4.16. The highest BCUT2D eigenvalue weighted by atomic mass is 127. The predicted molar refractivity (Wildman–Crippen MR) is 61.5 cm³/mol. The zero-order valence-corrected chi connectivity index (χ0v) is 9.37. The van der Waals surface area contributed by atoms with Crippen molar-refractivity contribution < 1.29 is 0 Å². The van der Waals surface area contributed by atoms with Crippen LogP contribution >= 0.6 is 22.6 Å². The van der Waals surface area contributed by atoms with E-state index in [1.165, 1.54) is 14.7 Å². The topological polar surface area (TPSA) is 28.7 Å². The Morgan fingerprint density at radius 3 is 2.85 bits per heavy atom.